The number of nitrogens with one attached hydrogen (secondary N) is 1. The lowest BCUT2D eigenvalue weighted by Gasteiger charge is -2.30. The molecule has 1 heterocycles. The first-order valence-corrected chi connectivity index (χ1v) is 13.1. The SMILES string of the molecule is COc1cc(Br)c(S(=O)(=O)Nc2ccc(C(F)(F)F)c(O[C@@H]3C[C@@H](C(C)(C)O)N(C)C3)c2)cc1OC. The first-order valence-electron chi connectivity index (χ1n) is 10.8. The van der Waals surface area contributed by atoms with E-state index in [1.54, 1.807) is 20.9 Å². The molecule has 200 valence electrons. The average molecular weight is 597 g/mol. The zero-order chi connectivity index (χ0) is 27.1. The Morgan fingerprint density at radius 1 is 1.08 bits per heavy atom. The second-order valence-corrected chi connectivity index (χ2v) is 11.5. The number of anilines is 1. The number of nitrogens with zero attached hydrogens (tertiary/aromatic N) is 1. The molecule has 1 aliphatic rings. The van der Waals surface area contributed by atoms with Crippen LogP contribution < -0.4 is 18.9 Å². The number of halogens is 4. The lowest BCUT2D eigenvalue weighted by molar-refractivity contribution is -0.139. The fraction of sp³-hybridized carbons (Fsp3) is 0.478. The summed E-state index contributed by atoms with van der Waals surface area (Å²) in [7, 11) is 0.251. The zero-order valence-electron chi connectivity index (χ0n) is 20.3. The van der Waals surface area contributed by atoms with Crippen molar-refractivity contribution in [3.8, 4) is 17.2 Å². The minimum absolute atomic E-state index is 0.120. The van der Waals surface area contributed by atoms with Crippen molar-refractivity contribution in [3.05, 3.63) is 40.4 Å². The number of likely N-dealkylation sites (tertiary alicyclic amines) is 1. The maximum atomic E-state index is 13.7. The molecule has 2 aromatic carbocycles. The Hall–Kier alpha value is -2.22. The number of hydrogen-bond donors (Lipinski definition) is 2. The van der Waals surface area contributed by atoms with Crippen molar-refractivity contribution in [2.45, 2.75) is 49.1 Å². The van der Waals surface area contributed by atoms with E-state index in [-0.39, 0.29) is 26.8 Å². The fourth-order valence-corrected chi connectivity index (χ4v) is 6.30. The Balaban J connectivity index is 1.94. The van der Waals surface area contributed by atoms with Gasteiger partial charge in [0.1, 0.15) is 16.7 Å². The normalized spacial score (nSPS) is 19.3. The Morgan fingerprint density at radius 2 is 1.69 bits per heavy atom. The Bertz CT molecular complexity index is 1220. The Morgan fingerprint density at radius 3 is 2.22 bits per heavy atom. The van der Waals surface area contributed by atoms with E-state index in [9.17, 15) is 26.7 Å². The van der Waals surface area contributed by atoms with Crippen LogP contribution in [-0.4, -0.2) is 64.0 Å². The number of alkyl halides is 3. The maximum Gasteiger partial charge on any atom is 0.419 e. The minimum atomic E-state index is -4.72. The van der Waals surface area contributed by atoms with Gasteiger partial charge < -0.3 is 19.3 Å². The number of aliphatic hydroxyl groups is 1. The summed E-state index contributed by atoms with van der Waals surface area (Å²) in [6.45, 7) is 3.54. The molecular formula is C23H28BrF3N2O6S. The highest BCUT2D eigenvalue weighted by Gasteiger charge is 2.41. The van der Waals surface area contributed by atoms with Crippen molar-refractivity contribution in [1.82, 2.24) is 4.90 Å². The van der Waals surface area contributed by atoms with Crippen LogP contribution in [0.25, 0.3) is 0 Å². The van der Waals surface area contributed by atoms with E-state index >= 15 is 0 Å². The molecule has 0 spiro atoms. The molecule has 1 saturated heterocycles. The number of methoxy groups -OCH3 is 2. The van der Waals surface area contributed by atoms with E-state index in [0.29, 0.717) is 18.7 Å². The summed E-state index contributed by atoms with van der Waals surface area (Å²) in [5, 5.41) is 10.4. The van der Waals surface area contributed by atoms with E-state index in [1.807, 2.05) is 4.90 Å². The highest BCUT2D eigenvalue weighted by Crippen LogP contribution is 2.41. The van der Waals surface area contributed by atoms with Gasteiger partial charge in [-0.2, -0.15) is 13.2 Å². The van der Waals surface area contributed by atoms with E-state index in [2.05, 4.69) is 20.7 Å². The van der Waals surface area contributed by atoms with Crippen LogP contribution in [-0.2, 0) is 16.2 Å². The lowest BCUT2D eigenvalue weighted by Crippen LogP contribution is -2.43. The van der Waals surface area contributed by atoms with Crippen LogP contribution in [0, 0.1) is 0 Å². The van der Waals surface area contributed by atoms with Crippen LogP contribution in [0.1, 0.15) is 25.8 Å². The summed E-state index contributed by atoms with van der Waals surface area (Å²) in [6.07, 6.45) is -5.06. The molecular weight excluding hydrogens is 569 g/mol. The molecule has 2 atom stereocenters. The van der Waals surface area contributed by atoms with Gasteiger partial charge in [0.05, 0.1) is 31.1 Å². The third-order valence-corrected chi connectivity index (χ3v) is 8.23. The van der Waals surface area contributed by atoms with Gasteiger partial charge in [0.25, 0.3) is 10.0 Å². The van der Waals surface area contributed by atoms with Crippen LogP contribution in [0.5, 0.6) is 17.2 Å². The van der Waals surface area contributed by atoms with Gasteiger partial charge in [0.15, 0.2) is 11.5 Å². The van der Waals surface area contributed by atoms with Gasteiger partial charge in [0, 0.05) is 35.6 Å². The average Bonchev–Trinajstić information content (AvgIpc) is 3.12. The van der Waals surface area contributed by atoms with Gasteiger partial charge in [0.2, 0.25) is 0 Å². The van der Waals surface area contributed by atoms with Crippen molar-refractivity contribution in [2.75, 3.05) is 32.5 Å². The smallest absolute Gasteiger partial charge is 0.419 e. The summed E-state index contributed by atoms with van der Waals surface area (Å²) in [5.74, 6) is -0.0625. The van der Waals surface area contributed by atoms with Crippen LogP contribution in [0.2, 0.25) is 0 Å². The van der Waals surface area contributed by atoms with Gasteiger partial charge in [-0.25, -0.2) is 8.42 Å². The standard InChI is InChI=1S/C23H28BrF3N2O6S/c1-22(2,30)21-9-14(12-29(21)3)35-17-8-13(6-7-15(17)23(25,26)27)28-36(31,32)20-11-19(34-5)18(33-4)10-16(20)24/h6-8,10-11,14,21,28,30H,9,12H2,1-5H3/t14-,21+/m1/s1. The molecule has 0 aliphatic carbocycles. The maximum absolute atomic E-state index is 13.7. The first-order chi connectivity index (χ1) is 16.6. The van der Waals surface area contributed by atoms with Gasteiger partial charge in [-0.15, -0.1) is 0 Å². The van der Waals surface area contributed by atoms with Gasteiger partial charge >= 0.3 is 6.18 Å². The summed E-state index contributed by atoms with van der Waals surface area (Å²) in [6, 6.07) is 5.11. The predicted octanol–water partition coefficient (Wildman–Crippen LogP) is 4.51. The van der Waals surface area contributed by atoms with E-state index in [0.717, 1.165) is 18.2 Å². The number of ether oxygens (including phenoxy) is 3. The third-order valence-electron chi connectivity index (χ3n) is 5.89. The highest BCUT2D eigenvalue weighted by molar-refractivity contribution is 9.10. The van der Waals surface area contributed by atoms with Crippen molar-refractivity contribution >= 4 is 31.6 Å². The fourth-order valence-electron chi connectivity index (χ4n) is 4.21. The molecule has 0 saturated carbocycles. The first kappa shape index (κ1) is 28.4. The van der Waals surface area contributed by atoms with Crippen molar-refractivity contribution in [3.63, 3.8) is 0 Å². The molecule has 0 aromatic heterocycles. The van der Waals surface area contributed by atoms with Crippen molar-refractivity contribution in [1.29, 1.82) is 0 Å². The van der Waals surface area contributed by atoms with Crippen LogP contribution >= 0.6 is 15.9 Å². The van der Waals surface area contributed by atoms with Gasteiger partial charge in [-0.1, -0.05) is 0 Å². The molecule has 2 N–H and O–H groups in total. The van der Waals surface area contributed by atoms with Crippen LogP contribution in [0.3, 0.4) is 0 Å². The van der Waals surface area contributed by atoms with Crippen LogP contribution in [0.4, 0.5) is 18.9 Å². The van der Waals surface area contributed by atoms with E-state index in [4.69, 9.17) is 14.2 Å². The van der Waals surface area contributed by atoms with Crippen molar-refractivity contribution < 1.29 is 40.9 Å². The molecule has 36 heavy (non-hydrogen) atoms. The molecule has 8 nitrogen and oxygen atoms in total. The lowest BCUT2D eigenvalue weighted by atomic mass is 9.96. The molecule has 2 aromatic rings. The quantitative estimate of drug-likeness (QED) is 0.463. The van der Waals surface area contributed by atoms with E-state index in [1.165, 1.54) is 26.4 Å². The topological polar surface area (TPSA) is 97.3 Å². The summed E-state index contributed by atoms with van der Waals surface area (Å²) < 4.78 is 85.8. The van der Waals surface area contributed by atoms with Crippen molar-refractivity contribution in [2.24, 2.45) is 0 Å². The molecule has 0 bridgehead atoms. The Labute approximate surface area is 216 Å². The van der Waals surface area contributed by atoms with Gasteiger partial charge in [-0.3, -0.25) is 9.62 Å². The van der Waals surface area contributed by atoms with E-state index < -0.39 is 39.2 Å². The molecule has 0 radical (unpaired) electrons. The minimum Gasteiger partial charge on any atom is -0.493 e. The second-order valence-electron chi connectivity index (χ2n) is 9.04. The summed E-state index contributed by atoms with van der Waals surface area (Å²) >= 11 is 3.18. The number of benzene rings is 2. The largest absolute Gasteiger partial charge is 0.493 e. The number of sulfonamides is 1. The molecule has 1 fully saturated rings. The van der Waals surface area contributed by atoms with Gasteiger partial charge in [-0.05, 0) is 55.0 Å². The predicted molar refractivity (Wildman–Crippen MR) is 131 cm³/mol. The van der Waals surface area contributed by atoms with Crippen LogP contribution in [0.15, 0.2) is 39.7 Å². The summed E-state index contributed by atoms with van der Waals surface area (Å²) in [5.41, 5.74) is -2.23. The number of likely N-dealkylation sites (N-methyl/N-ethyl adjacent to an activating group) is 1. The zero-order valence-corrected chi connectivity index (χ0v) is 22.7. The number of rotatable bonds is 8. The monoisotopic (exact) mass is 596 g/mol. The molecule has 0 unspecified atom stereocenters. The highest BCUT2D eigenvalue weighted by atomic mass is 79.9. The number of hydrogen-bond acceptors (Lipinski definition) is 7. The summed E-state index contributed by atoms with van der Waals surface area (Å²) in [4.78, 5) is 1.62. The molecule has 13 heteroatoms. The second kappa shape index (κ2) is 10.3. The molecule has 1 aliphatic heterocycles. The Kier molecular flexibility index (Phi) is 8.09. The molecule has 0 amide bonds. The molecule has 3 rings (SSSR count). The third kappa shape index (κ3) is 6.18.